The van der Waals surface area contributed by atoms with E-state index in [-0.39, 0.29) is 27.2 Å². The second kappa shape index (κ2) is 9.51. The molecule has 2 N–H and O–H groups in total. The number of likely N-dealkylation sites (N-methyl/N-ethyl adjacent to an activating group) is 1. The number of carbonyl (C=O) groups is 2. The van der Waals surface area contributed by atoms with E-state index in [1.807, 2.05) is 0 Å². The standard InChI is InChI=1S/C20H18F2N4O4S2/c1-12(27)23-14-4-6-15(7-5-14)32(29,30)26(2)10-19(28)25-20-24-18(11-31-20)16-9-13(21)3-8-17(16)22/h3-9,11H,10H2,1-2H3,(H,23,27)(H,24,25,28). The molecule has 0 aliphatic rings. The predicted octanol–water partition coefficient (Wildman–Crippen LogP) is 3.31. The van der Waals surface area contributed by atoms with Crippen molar-refractivity contribution < 1.29 is 26.8 Å². The molecule has 0 spiro atoms. The zero-order chi connectivity index (χ0) is 23.5. The number of carbonyl (C=O) groups excluding carboxylic acids is 2. The lowest BCUT2D eigenvalue weighted by molar-refractivity contribution is -0.116. The lowest BCUT2D eigenvalue weighted by Gasteiger charge is -2.16. The van der Waals surface area contributed by atoms with Crippen LogP contribution in [0.25, 0.3) is 11.3 Å². The summed E-state index contributed by atoms with van der Waals surface area (Å²) in [6.07, 6.45) is 0. The molecule has 0 bridgehead atoms. The van der Waals surface area contributed by atoms with Gasteiger partial charge in [-0.1, -0.05) is 0 Å². The van der Waals surface area contributed by atoms with E-state index in [4.69, 9.17) is 0 Å². The van der Waals surface area contributed by atoms with Crippen LogP contribution in [0.15, 0.2) is 52.7 Å². The second-order valence-electron chi connectivity index (χ2n) is 6.68. The minimum absolute atomic E-state index is 0.0517. The van der Waals surface area contributed by atoms with Crippen LogP contribution in [0.3, 0.4) is 0 Å². The van der Waals surface area contributed by atoms with Crippen LogP contribution >= 0.6 is 11.3 Å². The van der Waals surface area contributed by atoms with Crippen LogP contribution in [0.2, 0.25) is 0 Å². The molecule has 8 nitrogen and oxygen atoms in total. The van der Waals surface area contributed by atoms with Crippen molar-refractivity contribution in [3.8, 4) is 11.3 Å². The third-order valence-electron chi connectivity index (χ3n) is 4.20. The van der Waals surface area contributed by atoms with Crippen LogP contribution in [-0.2, 0) is 19.6 Å². The number of hydrogen-bond acceptors (Lipinski definition) is 6. The summed E-state index contributed by atoms with van der Waals surface area (Å²) < 4.78 is 53.5. The molecule has 32 heavy (non-hydrogen) atoms. The summed E-state index contributed by atoms with van der Waals surface area (Å²) in [5.41, 5.74) is 0.526. The summed E-state index contributed by atoms with van der Waals surface area (Å²) in [7, 11) is -2.73. The Labute approximate surface area is 187 Å². The summed E-state index contributed by atoms with van der Waals surface area (Å²) in [5.74, 6) is -2.24. The van der Waals surface area contributed by atoms with Gasteiger partial charge in [0.2, 0.25) is 21.8 Å². The number of anilines is 2. The topological polar surface area (TPSA) is 108 Å². The Morgan fingerprint density at radius 2 is 1.78 bits per heavy atom. The minimum Gasteiger partial charge on any atom is -0.326 e. The average Bonchev–Trinajstić information content (AvgIpc) is 3.17. The molecule has 1 aromatic heterocycles. The van der Waals surface area contributed by atoms with Crippen molar-refractivity contribution in [3.05, 3.63) is 59.5 Å². The van der Waals surface area contributed by atoms with E-state index in [9.17, 15) is 26.8 Å². The van der Waals surface area contributed by atoms with Crippen LogP contribution in [0.1, 0.15) is 6.92 Å². The molecule has 0 radical (unpaired) electrons. The number of amides is 2. The molecule has 2 aromatic carbocycles. The molecule has 3 aromatic rings. The van der Waals surface area contributed by atoms with Gasteiger partial charge in [-0.25, -0.2) is 22.2 Å². The number of thiazole rings is 1. The van der Waals surface area contributed by atoms with E-state index in [1.54, 1.807) is 0 Å². The number of rotatable bonds is 7. The van der Waals surface area contributed by atoms with Crippen molar-refractivity contribution in [2.24, 2.45) is 0 Å². The van der Waals surface area contributed by atoms with Crippen molar-refractivity contribution >= 4 is 44.0 Å². The summed E-state index contributed by atoms with van der Waals surface area (Å²) in [6, 6.07) is 8.46. The van der Waals surface area contributed by atoms with Gasteiger partial charge in [0.05, 0.1) is 17.1 Å². The van der Waals surface area contributed by atoms with Crippen molar-refractivity contribution in [1.29, 1.82) is 0 Å². The Balaban J connectivity index is 1.66. The van der Waals surface area contributed by atoms with Gasteiger partial charge >= 0.3 is 0 Å². The summed E-state index contributed by atoms with van der Waals surface area (Å²) in [4.78, 5) is 27.4. The van der Waals surface area contributed by atoms with E-state index in [0.717, 1.165) is 33.8 Å². The maximum absolute atomic E-state index is 13.9. The van der Waals surface area contributed by atoms with Gasteiger partial charge in [0.25, 0.3) is 0 Å². The smallest absolute Gasteiger partial charge is 0.243 e. The molecule has 0 saturated heterocycles. The molecule has 3 rings (SSSR count). The number of benzene rings is 2. The van der Waals surface area contributed by atoms with Crippen LogP contribution in [0.4, 0.5) is 19.6 Å². The Morgan fingerprint density at radius 3 is 2.44 bits per heavy atom. The quantitative estimate of drug-likeness (QED) is 0.539. The first-order valence-electron chi connectivity index (χ1n) is 9.11. The zero-order valence-corrected chi connectivity index (χ0v) is 18.6. The van der Waals surface area contributed by atoms with Gasteiger partial charge in [-0.05, 0) is 42.5 Å². The van der Waals surface area contributed by atoms with Gasteiger partial charge in [-0.15, -0.1) is 11.3 Å². The Bertz CT molecular complexity index is 1260. The Morgan fingerprint density at radius 1 is 1.09 bits per heavy atom. The third kappa shape index (κ3) is 5.52. The molecular formula is C20H18F2N4O4S2. The van der Waals surface area contributed by atoms with Crippen LogP contribution in [0.5, 0.6) is 0 Å². The lowest BCUT2D eigenvalue weighted by Crippen LogP contribution is -2.34. The largest absolute Gasteiger partial charge is 0.326 e. The molecular weight excluding hydrogens is 462 g/mol. The number of sulfonamides is 1. The Kier molecular flexibility index (Phi) is 6.96. The SMILES string of the molecule is CC(=O)Nc1ccc(S(=O)(=O)N(C)CC(=O)Nc2nc(-c3cc(F)ccc3F)cs2)cc1. The first kappa shape index (κ1) is 23.4. The number of halogens is 2. The maximum Gasteiger partial charge on any atom is 0.243 e. The molecule has 0 atom stereocenters. The zero-order valence-electron chi connectivity index (χ0n) is 16.9. The van der Waals surface area contributed by atoms with Crippen LogP contribution < -0.4 is 10.6 Å². The molecule has 12 heteroatoms. The van der Waals surface area contributed by atoms with E-state index in [2.05, 4.69) is 15.6 Å². The highest BCUT2D eigenvalue weighted by molar-refractivity contribution is 7.89. The summed E-state index contributed by atoms with van der Waals surface area (Å²) in [6.45, 7) is 0.829. The minimum atomic E-state index is -3.97. The van der Waals surface area contributed by atoms with Gasteiger partial charge in [-0.3, -0.25) is 9.59 Å². The van der Waals surface area contributed by atoms with E-state index >= 15 is 0 Å². The van der Waals surface area contributed by atoms with Gasteiger partial charge in [0.1, 0.15) is 11.6 Å². The Hall–Kier alpha value is -3.22. The molecule has 168 valence electrons. The first-order valence-corrected chi connectivity index (χ1v) is 11.4. The first-order chi connectivity index (χ1) is 15.1. The predicted molar refractivity (Wildman–Crippen MR) is 117 cm³/mol. The average molecular weight is 481 g/mol. The number of nitrogens with zero attached hydrogens (tertiary/aromatic N) is 2. The molecule has 0 saturated carbocycles. The van der Waals surface area contributed by atoms with Gasteiger partial charge in [-0.2, -0.15) is 4.31 Å². The van der Waals surface area contributed by atoms with Crippen molar-refractivity contribution in [1.82, 2.24) is 9.29 Å². The van der Waals surface area contributed by atoms with Crippen molar-refractivity contribution in [3.63, 3.8) is 0 Å². The van der Waals surface area contributed by atoms with Gasteiger partial charge in [0.15, 0.2) is 5.13 Å². The second-order valence-corrected chi connectivity index (χ2v) is 9.58. The summed E-state index contributed by atoms with van der Waals surface area (Å²) in [5, 5.41) is 6.54. The maximum atomic E-state index is 13.9. The molecule has 0 unspecified atom stereocenters. The van der Waals surface area contributed by atoms with E-state index in [1.165, 1.54) is 43.6 Å². The van der Waals surface area contributed by atoms with Crippen LogP contribution in [-0.4, -0.2) is 43.1 Å². The highest BCUT2D eigenvalue weighted by atomic mass is 32.2. The van der Waals surface area contributed by atoms with Crippen molar-refractivity contribution in [2.75, 3.05) is 24.2 Å². The van der Waals surface area contributed by atoms with Crippen LogP contribution in [0, 0.1) is 11.6 Å². The third-order valence-corrected chi connectivity index (χ3v) is 6.78. The molecule has 0 fully saturated rings. The summed E-state index contributed by atoms with van der Waals surface area (Å²) >= 11 is 0.990. The number of hydrogen-bond donors (Lipinski definition) is 2. The van der Waals surface area contributed by atoms with E-state index in [0.29, 0.717) is 5.69 Å². The van der Waals surface area contributed by atoms with Crippen molar-refractivity contribution in [2.45, 2.75) is 11.8 Å². The van der Waals surface area contributed by atoms with Gasteiger partial charge < -0.3 is 10.6 Å². The molecule has 0 aliphatic heterocycles. The normalized spacial score (nSPS) is 11.4. The number of nitrogens with one attached hydrogen (secondary N) is 2. The molecule has 2 amide bonds. The number of aromatic nitrogens is 1. The highest BCUT2D eigenvalue weighted by Crippen LogP contribution is 2.27. The lowest BCUT2D eigenvalue weighted by atomic mass is 10.1. The fraction of sp³-hybridized carbons (Fsp3) is 0.150. The fourth-order valence-corrected chi connectivity index (χ4v) is 4.54. The fourth-order valence-electron chi connectivity index (χ4n) is 2.69. The molecule has 1 heterocycles. The monoisotopic (exact) mass is 480 g/mol. The van der Waals surface area contributed by atoms with E-state index < -0.39 is 34.1 Å². The molecule has 0 aliphatic carbocycles. The highest BCUT2D eigenvalue weighted by Gasteiger charge is 2.23. The van der Waals surface area contributed by atoms with Gasteiger partial charge in [0, 0.05) is 30.6 Å².